The monoisotopic (exact) mass is 628 g/mol. The average molecular weight is 629 g/mol. The molecule has 0 fully saturated rings. The number of halogens is 3. The highest BCUT2D eigenvalue weighted by molar-refractivity contribution is 6.12. The van der Waals surface area contributed by atoms with Gasteiger partial charge in [-0.3, -0.25) is 14.4 Å². The van der Waals surface area contributed by atoms with E-state index in [0.717, 1.165) is 11.1 Å². The molecule has 0 spiro atoms. The van der Waals surface area contributed by atoms with Gasteiger partial charge in [-0.05, 0) is 91.3 Å². The van der Waals surface area contributed by atoms with Crippen LogP contribution in [0.3, 0.4) is 0 Å². The third kappa shape index (κ3) is 7.01. The lowest BCUT2D eigenvalue weighted by Crippen LogP contribution is -2.24. The van der Waals surface area contributed by atoms with Crippen molar-refractivity contribution in [3.63, 3.8) is 0 Å². The van der Waals surface area contributed by atoms with Gasteiger partial charge in [-0.25, -0.2) is 4.79 Å². The first-order valence-electron chi connectivity index (χ1n) is 14.9. The molecule has 4 aromatic carbocycles. The second-order valence-electron chi connectivity index (χ2n) is 11.8. The van der Waals surface area contributed by atoms with Crippen LogP contribution < -0.4 is 0 Å². The summed E-state index contributed by atoms with van der Waals surface area (Å²) < 4.78 is 43.6. The Morgan fingerprint density at radius 1 is 0.630 bits per heavy atom. The van der Waals surface area contributed by atoms with E-state index in [0.29, 0.717) is 27.8 Å². The number of aryl methyl sites for hydroxylation is 5. The van der Waals surface area contributed by atoms with Crippen LogP contribution in [-0.4, -0.2) is 34.6 Å². The number of alkyl halides is 3. The fraction of sp³-hybridized carbons (Fsp3) is 0.263. The van der Waals surface area contributed by atoms with Crippen molar-refractivity contribution < 1.29 is 37.5 Å². The van der Waals surface area contributed by atoms with Gasteiger partial charge in [-0.1, -0.05) is 61.5 Å². The Hall–Kier alpha value is -4.85. The Labute approximate surface area is 266 Å². The summed E-state index contributed by atoms with van der Waals surface area (Å²) in [7, 11) is 0. The Morgan fingerprint density at radius 2 is 1.15 bits per heavy atom. The zero-order chi connectivity index (χ0) is 34.1. The molecule has 1 N–H and O–H groups in total. The van der Waals surface area contributed by atoms with Gasteiger partial charge in [0.05, 0.1) is 5.56 Å². The van der Waals surface area contributed by atoms with Crippen LogP contribution in [0.2, 0.25) is 0 Å². The van der Waals surface area contributed by atoms with Crippen molar-refractivity contribution in [1.29, 1.82) is 0 Å². The first kappa shape index (κ1) is 34.0. The van der Waals surface area contributed by atoms with Crippen molar-refractivity contribution >= 4 is 23.3 Å². The lowest BCUT2D eigenvalue weighted by atomic mass is 9.82. The lowest BCUT2D eigenvalue weighted by Gasteiger charge is -2.26. The average Bonchev–Trinajstić information content (AvgIpc) is 3.00. The number of ketones is 3. The Bertz CT molecular complexity index is 1870. The van der Waals surface area contributed by atoms with E-state index in [-0.39, 0.29) is 57.8 Å². The maximum absolute atomic E-state index is 14.5. The minimum Gasteiger partial charge on any atom is -0.478 e. The van der Waals surface area contributed by atoms with E-state index >= 15 is 0 Å². The number of carbonyl (C=O) groups excluding carboxylic acids is 3. The summed E-state index contributed by atoms with van der Waals surface area (Å²) in [5.41, 5.74) is 4.62. The van der Waals surface area contributed by atoms with Crippen molar-refractivity contribution in [2.45, 2.75) is 66.5 Å². The Morgan fingerprint density at radius 3 is 1.72 bits per heavy atom. The van der Waals surface area contributed by atoms with Gasteiger partial charge in [0.2, 0.25) is 0 Å². The van der Waals surface area contributed by atoms with Gasteiger partial charge < -0.3 is 5.11 Å². The summed E-state index contributed by atoms with van der Waals surface area (Å²) in [6.45, 7) is 10.3. The fourth-order valence-electron chi connectivity index (χ4n) is 5.76. The molecule has 0 aliphatic carbocycles. The highest BCUT2D eigenvalue weighted by Gasteiger charge is 2.43. The van der Waals surface area contributed by atoms with Gasteiger partial charge in [-0.15, -0.1) is 0 Å². The van der Waals surface area contributed by atoms with Gasteiger partial charge in [0, 0.05) is 35.1 Å². The van der Waals surface area contributed by atoms with Crippen molar-refractivity contribution in [2.75, 3.05) is 0 Å². The number of carboxylic acids is 1. The number of aromatic carboxylic acids is 1. The third-order valence-corrected chi connectivity index (χ3v) is 8.51. The third-order valence-electron chi connectivity index (χ3n) is 8.51. The zero-order valence-electron chi connectivity index (χ0n) is 26.6. The van der Waals surface area contributed by atoms with E-state index in [9.17, 15) is 37.5 Å². The quantitative estimate of drug-likeness (QED) is 0.177. The van der Waals surface area contributed by atoms with Crippen molar-refractivity contribution in [3.05, 3.63) is 139 Å². The predicted molar refractivity (Wildman–Crippen MR) is 170 cm³/mol. The highest BCUT2D eigenvalue weighted by Crippen LogP contribution is 2.43. The number of benzene rings is 4. The highest BCUT2D eigenvalue weighted by atomic mass is 19.4. The largest absolute Gasteiger partial charge is 0.478 e. The van der Waals surface area contributed by atoms with Crippen LogP contribution in [0, 0.1) is 34.6 Å². The van der Waals surface area contributed by atoms with Crippen molar-refractivity contribution in [3.8, 4) is 0 Å². The molecule has 1 unspecified atom stereocenters. The molecule has 0 radical (unpaired) electrons. The second-order valence-corrected chi connectivity index (χ2v) is 11.8. The molecule has 0 aliphatic heterocycles. The standard InChI is InChI=1S/C38H35F3O5/c1-7-33(42)29-13-12-27(18-32(29)37(45)46)36(44)26-10-8-25(9-11-26)34(43)19-28-15-24(6)31(17-22(28)4)35(38(39,40)41)30-16-21(3)20(2)14-23(30)5/h8-18,35H,7,19H2,1-6H3,(H,45,46). The van der Waals surface area contributed by atoms with Crippen LogP contribution in [0.15, 0.2) is 66.7 Å². The molecule has 5 nitrogen and oxygen atoms in total. The van der Waals surface area contributed by atoms with Crippen LogP contribution in [0.5, 0.6) is 0 Å². The molecule has 0 amide bonds. The summed E-state index contributed by atoms with van der Waals surface area (Å²) in [6.07, 6.45) is -4.45. The van der Waals surface area contributed by atoms with Gasteiger partial charge >= 0.3 is 12.1 Å². The first-order chi connectivity index (χ1) is 21.5. The summed E-state index contributed by atoms with van der Waals surface area (Å²) >= 11 is 0. The SMILES string of the molecule is CCC(=O)c1ccc(C(=O)c2ccc(C(=O)Cc3cc(C)c(C(c4cc(C)c(C)cc4C)C(F)(F)F)cc3C)cc2)cc1C(=O)O. The van der Waals surface area contributed by atoms with Crippen LogP contribution in [0.4, 0.5) is 13.2 Å². The number of Topliss-reactive ketones (excluding diaryl/α,β-unsaturated/α-hetero) is 2. The molecular weight excluding hydrogens is 593 g/mol. The molecule has 1 atom stereocenters. The topological polar surface area (TPSA) is 88.5 Å². The minimum atomic E-state index is -4.52. The minimum absolute atomic E-state index is 0.0281. The predicted octanol–water partition coefficient (Wildman–Crippen LogP) is 8.87. The maximum atomic E-state index is 14.5. The Kier molecular flexibility index (Phi) is 9.80. The molecule has 4 rings (SSSR count). The number of carboxylic acid groups (broad SMARTS) is 1. The second kappa shape index (κ2) is 13.3. The summed E-state index contributed by atoms with van der Waals surface area (Å²) in [6, 6.07) is 16.3. The Balaban J connectivity index is 1.58. The molecule has 0 heterocycles. The number of hydrogen-bond acceptors (Lipinski definition) is 4. The molecule has 0 aliphatic rings. The maximum Gasteiger partial charge on any atom is 0.399 e. The van der Waals surface area contributed by atoms with Crippen LogP contribution in [0.25, 0.3) is 0 Å². The van der Waals surface area contributed by atoms with E-state index < -0.39 is 23.8 Å². The molecular formula is C38H35F3O5. The van der Waals surface area contributed by atoms with Crippen LogP contribution >= 0.6 is 0 Å². The van der Waals surface area contributed by atoms with Crippen molar-refractivity contribution in [1.82, 2.24) is 0 Å². The summed E-state index contributed by atoms with van der Waals surface area (Å²) in [5, 5.41) is 9.55. The fourth-order valence-corrected chi connectivity index (χ4v) is 5.76. The molecule has 238 valence electrons. The number of rotatable bonds is 10. The molecule has 0 bridgehead atoms. The molecule has 8 heteroatoms. The molecule has 4 aromatic rings. The number of carbonyl (C=O) groups is 4. The van der Waals surface area contributed by atoms with Crippen LogP contribution in [0.1, 0.15) is 111 Å². The molecule has 0 aromatic heterocycles. The van der Waals surface area contributed by atoms with Crippen LogP contribution in [-0.2, 0) is 6.42 Å². The number of hydrogen-bond donors (Lipinski definition) is 1. The van der Waals surface area contributed by atoms with E-state index in [1.54, 1.807) is 52.8 Å². The summed E-state index contributed by atoms with van der Waals surface area (Å²) in [5.74, 6) is -4.23. The zero-order valence-corrected chi connectivity index (χ0v) is 26.6. The molecule has 46 heavy (non-hydrogen) atoms. The summed E-state index contributed by atoms with van der Waals surface area (Å²) in [4.78, 5) is 50.2. The lowest BCUT2D eigenvalue weighted by molar-refractivity contribution is -0.141. The first-order valence-corrected chi connectivity index (χ1v) is 14.9. The molecule has 0 saturated heterocycles. The van der Waals surface area contributed by atoms with E-state index in [2.05, 4.69) is 0 Å². The van der Waals surface area contributed by atoms with Gasteiger partial charge in [0.15, 0.2) is 17.3 Å². The smallest absolute Gasteiger partial charge is 0.399 e. The van der Waals surface area contributed by atoms with Gasteiger partial charge in [0.1, 0.15) is 5.92 Å². The molecule has 0 saturated carbocycles. The van der Waals surface area contributed by atoms with Crippen molar-refractivity contribution in [2.24, 2.45) is 0 Å². The van der Waals surface area contributed by atoms with E-state index in [1.807, 2.05) is 6.92 Å². The normalized spacial score (nSPS) is 12.1. The van der Waals surface area contributed by atoms with Gasteiger partial charge in [0.25, 0.3) is 0 Å². The van der Waals surface area contributed by atoms with E-state index in [1.165, 1.54) is 48.5 Å². The van der Waals surface area contributed by atoms with Gasteiger partial charge in [-0.2, -0.15) is 13.2 Å². The van der Waals surface area contributed by atoms with E-state index in [4.69, 9.17) is 0 Å².